The average molecular weight is 952 g/mol. The van der Waals surface area contributed by atoms with Gasteiger partial charge in [-0.1, -0.05) is 268 Å². The van der Waals surface area contributed by atoms with Crippen molar-refractivity contribution >= 4 is 11.9 Å². The van der Waals surface area contributed by atoms with Crippen LogP contribution in [0.3, 0.4) is 0 Å². The first-order valence-corrected chi connectivity index (χ1v) is 29.8. The second kappa shape index (κ2) is 58.9. The first-order chi connectivity index (χ1) is 33.6. The summed E-state index contributed by atoms with van der Waals surface area (Å²) in [5, 5.41) is 0. The van der Waals surface area contributed by atoms with Crippen LogP contribution in [0.4, 0.5) is 0 Å². The number of esters is 2. The molecule has 0 aromatic carbocycles. The van der Waals surface area contributed by atoms with E-state index in [2.05, 4.69) is 81.5 Å². The van der Waals surface area contributed by atoms with Crippen LogP contribution in [0.15, 0.2) is 60.8 Å². The van der Waals surface area contributed by atoms with Gasteiger partial charge in [0.25, 0.3) is 0 Å². The molecule has 396 valence electrons. The third-order valence-corrected chi connectivity index (χ3v) is 13.0. The molecule has 0 aromatic heterocycles. The van der Waals surface area contributed by atoms with Gasteiger partial charge in [-0.3, -0.25) is 9.59 Å². The van der Waals surface area contributed by atoms with Crippen molar-refractivity contribution in [3.05, 3.63) is 60.8 Å². The van der Waals surface area contributed by atoms with E-state index in [1.807, 2.05) is 0 Å². The van der Waals surface area contributed by atoms with Gasteiger partial charge in [0.1, 0.15) is 6.61 Å². The molecular formula is C63H114O5. The SMILES string of the molecule is CC/C=C\C/C=C\C/C=C\C/C=C\CCCCCCCCC(=O)OCC(COCCCCCCCCCCCC/C=C\CCCCCCCC)OC(=O)CCCCCCCCCCCCCCC. The zero-order valence-corrected chi connectivity index (χ0v) is 45.6. The smallest absolute Gasteiger partial charge is 0.306 e. The lowest BCUT2D eigenvalue weighted by molar-refractivity contribution is -0.163. The van der Waals surface area contributed by atoms with Crippen molar-refractivity contribution in [1.29, 1.82) is 0 Å². The summed E-state index contributed by atoms with van der Waals surface area (Å²) in [5.74, 6) is -0.400. The van der Waals surface area contributed by atoms with Gasteiger partial charge in [-0.25, -0.2) is 0 Å². The molecule has 0 aliphatic rings. The summed E-state index contributed by atoms with van der Waals surface area (Å²) in [6.07, 6.45) is 75.3. The molecule has 1 atom stereocenters. The van der Waals surface area contributed by atoms with Crippen molar-refractivity contribution in [2.45, 2.75) is 309 Å². The van der Waals surface area contributed by atoms with Gasteiger partial charge in [0.05, 0.1) is 6.61 Å². The fraction of sp³-hybridized carbons (Fsp3) is 0.810. The lowest BCUT2D eigenvalue weighted by Gasteiger charge is -2.18. The molecule has 5 nitrogen and oxygen atoms in total. The molecule has 0 heterocycles. The van der Waals surface area contributed by atoms with Crippen molar-refractivity contribution in [1.82, 2.24) is 0 Å². The zero-order chi connectivity index (χ0) is 49.2. The predicted molar refractivity (Wildman–Crippen MR) is 298 cm³/mol. The first-order valence-electron chi connectivity index (χ1n) is 29.8. The van der Waals surface area contributed by atoms with Gasteiger partial charge in [0.2, 0.25) is 0 Å². The topological polar surface area (TPSA) is 61.8 Å². The molecule has 0 fully saturated rings. The number of unbranched alkanes of at least 4 members (excludes halogenated alkanes) is 34. The first kappa shape index (κ1) is 65.6. The molecule has 1 unspecified atom stereocenters. The Balaban J connectivity index is 4.24. The Labute approximate surface area is 424 Å². The summed E-state index contributed by atoms with van der Waals surface area (Å²) >= 11 is 0. The van der Waals surface area contributed by atoms with Crippen LogP contribution in [-0.4, -0.2) is 37.9 Å². The summed E-state index contributed by atoms with van der Waals surface area (Å²) in [6.45, 7) is 7.74. The van der Waals surface area contributed by atoms with Gasteiger partial charge in [-0.05, 0) is 83.5 Å². The van der Waals surface area contributed by atoms with Gasteiger partial charge in [0.15, 0.2) is 6.10 Å². The number of rotatable bonds is 55. The van der Waals surface area contributed by atoms with E-state index in [4.69, 9.17) is 14.2 Å². The van der Waals surface area contributed by atoms with E-state index in [1.54, 1.807) is 0 Å². The Bertz CT molecular complexity index is 1170. The molecule has 0 saturated carbocycles. The minimum Gasteiger partial charge on any atom is -0.462 e. The maximum absolute atomic E-state index is 12.9. The second-order valence-electron chi connectivity index (χ2n) is 19.9. The maximum Gasteiger partial charge on any atom is 0.306 e. The van der Waals surface area contributed by atoms with E-state index in [9.17, 15) is 9.59 Å². The van der Waals surface area contributed by atoms with Crippen LogP contribution in [0.1, 0.15) is 303 Å². The minimum atomic E-state index is -0.542. The van der Waals surface area contributed by atoms with Gasteiger partial charge >= 0.3 is 11.9 Å². The predicted octanol–water partition coefficient (Wildman–Crippen LogP) is 20.5. The number of allylic oxidation sites excluding steroid dienone is 10. The van der Waals surface area contributed by atoms with Crippen LogP contribution in [0.5, 0.6) is 0 Å². The Morgan fingerprint density at radius 1 is 0.338 bits per heavy atom. The molecular weight excluding hydrogens is 837 g/mol. The number of hydrogen-bond acceptors (Lipinski definition) is 5. The average Bonchev–Trinajstić information content (AvgIpc) is 3.34. The highest BCUT2D eigenvalue weighted by Crippen LogP contribution is 2.16. The van der Waals surface area contributed by atoms with E-state index in [1.165, 1.54) is 193 Å². The van der Waals surface area contributed by atoms with Crippen molar-refractivity contribution in [2.75, 3.05) is 19.8 Å². The summed E-state index contributed by atoms with van der Waals surface area (Å²) in [4.78, 5) is 25.5. The zero-order valence-electron chi connectivity index (χ0n) is 45.6. The maximum atomic E-state index is 12.9. The number of carbonyl (C=O) groups excluding carboxylic acids is 2. The fourth-order valence-electron chi connectivity index (χ4n) is 8.62. The summed E-state index contributed by atoms with van der Waals surface area (Å²) in [7, 11) is 0. The van der Waals surface area contributed by atoms with Crippen molar-refractivity contribution in [2.24, 2.45) is 0 Å². The number of hydrogen-bond donors (Lipinski definition) is 0. The molecule has 0 amide bonds. The molecule has 0 aliphatic heterocycles. The van der Waals surface area contributed by atoms with Crippen LogP contribution in [-0.2, 0) is 23.8 Å². The standard InChI is InChI=1S/C63H114O5/c1-4-7-10-13-16-19-22-25-27-29-31-33-35-37-40-43-46-49-52-55-58-66-59-61(68-63(65)57-54-51-48-45-42-38-24-21-18-15-12-9-6-3)60-67-62(64)56-53-50-47-44-41-39-36-34-32-30-28-26-23-20-17-14-11-8-5-2/h8,11,17,20,25-28,32,34,61H,4-7,9-10,12-16,18-19,21-24,29-31,33,35-60H2,1-3H3/b11-8-,20-17-,27-25-,28-26-,34-32-. The van der Waals surface area contributed by atoms with Gasteiger partial charge < -0.3 is 14.2 Å². The Morgan fingerprint density at radius 3 is 1.07 bits per heavy atom. The Morgan fingerprint density at radius 2 is 0.662 bits per heavy atom. The largest absolute Gasteiger partial charge is 0.462 e. The van der Waals surface area contributed by atoms with E-state index >= 15 is 0 Å². The van der Waals surface area contributed by atoms with E-state index in [0.29, 0.717) is 19.4 Å². The van der Waals surface area contributed by atoms with Gasteiger partial charge in [0, 0.05) is 19.4 Å². The lowest BCUT2D eigenvalue weighted by Crippen LogP contribution is -2.30. The second-order valence-corrected chi connectivity index (χ2v) is 19.9. The Hall–Kier alpha value is -2.40. The molecule has 0 spiro atoms. The van der Waals surface area contributed by atoms with E-state index in [0.717, 1.165) is 77.0 Å². The van der Waals surface area contributed by atoms with Crippen molar-refractivity contribution < 1.29 is 23.8 Å². The quantitative estimate of drug-likeness (QED) is 0.0345. The molecule has 68 heavy (non-hydrogen) atoms. The highest BCUT2D eigenvalue weighted by Gasteiger charge is 2.17. The van der Waals surface area contributed by atoms with E-state index < -0.39 is 6.10 Å². The van der Waals surface area contributed by atoms with Crippen molar-refractivity contribution in [3.8, 4) is 0 Å². The summed E-state index contributed by atoms with van der Waals surface area (Å²) in [5.41, 5.74) is 0. The molecule has 5 heteroatoms. The van der Waals surface area contributed by atoms with E-state index in [-0.39, 0.29) is 25.2 Å². The monoisotopic (exact) mass is 951 g/mol. The molecule has 0 saturated heterocycles. The molecule has 0 N–H and O–H groups in total. The van der Waals surface area contributed by atoms with Crippen LogP contribution in [0, 0.1) is 0 Å². The number of ether oxygens (including phenoxy) is 3. The molecule has 0 rings (SSSR count). The minimum absolute atomic E-state index is 0.0798. The highest BCUT2D eigenvalue weighted by atomic mass is 16.6. The van der Waals surface area contributed by atoms with Gasteiger partial charge in [-0.15, -0.1) is 0 Å². The fourth-order valence-corrected chi connectivity index (χ4v) is 8.62. The normalized spacial score (nSPS) is 12.6. The summed E-state index contributed by atoms with van der Waals surface area (Å²) < 4.78 is 17.5. The Kier molecular flexibility index (Phi) is 56.8. The third kappa shape index (κ3) is 56.2. The molecule has 0 aromatic rings. The van der Waals surface area contributed by atoms with Crippen LogP contribution < -0.4 is 0 Å². The van der Waals surface area contributed by atoms with Crippen LogP contribution in [0.25, 0.3) is 0 Å². The molecule has 0 aliphatic carbocycles. The third-order valence-electron chi connectivity index (χ3n) is 13.0. The lowest BCUT2D eigenvalue weighted by atomic mass is 10.0. The molecule has 0 bridgehead atoms. The van der Waals surface area contributed by atoms with Crippen molar-refractivity contribution in [3.63, 3.8) is 0 Å². The van der Waals surface area contributed by atoms with Gasteiger partial charge in [-0.2, -0.15) is 0 Å². The molecule has 0 radical (unpaired) electrons. The highest BCUT2D eigenvalue weighted by molar-refractivity contribution is 5.70. The summed E-state index contributed by atoms with van der Waals surface area (Å²) in [6, 6.07) is 0. The van der Waals surface area contributed by atoms with Crippen LogP contribution in [0.2, 0.25) is 0 Å². The van der Waals surface area contributed by atoms with Crippen LogP contribution >= 0.6 is 0 Å². The number of carbonyl (C=O) groups is 2.